The van der Waals surface area contributed by atoms with Crippen molar-refractivity contribution in [3.8, 4) is 11.5 Å². The predicted molar refractivity (Wildman–Crippen MR) is 148 cm³/mol. The van der Waals surface area contributed by atoms with Crippen LogP contribution in [0.15, 0.2) is 60.7 Å². The zero-order valence-electron chi connectivity index (χ0n) is 22.4. The average molecular weight is 543 g/mol. The summed E-state index contributed by atoms with van der Waals surface area (Å²) in [5.41, 5.74) is 4.22. The van der Waals surface area contributed by atoms with Crippen LogP contribution in [0.1, 0.15) is 39.0 Å². The number of carbonyl (C=O) groups is 2. The summed E-state index contributed by atoms with van der Waals surface area (Å²) in [6, 6.07) is 17.6. The van der Waals surface area contributed by atoms with Crippen LogP contribution in [0.2, 0.25) is 0 Å². The van der Waals surface area contributed by atoms with E-state index >= 15 is 0 Å². The smallest absolute Gasteiger partial charge is 0.269 e. The molecule has 3 aromatic rings. The zero-order valence-corrected chi connectivity index (χ0v) is 22.4. The van der Waals surface area contributed by atoms with Crippen molar-refractivity contribution in [1.29, 1.82) is 0 Å². The van der Waals surface area contributed by atoms with Crippen LogP contribution >= 0.6 is 0 Å². The van der Waals surface area contributed by atoms with Crippen molar-refractivity contribution in [2.75, 3.05) is 51.8 Å². The van der Waals surface area contributed by atoms with Gasteiger partial charge in [0.15, 0.2) is 11.5 Å². The lowest BCUT2D eigenvalue weighted by molar-refractivity contribution is -0.384. The molecule has 2 unspecified atom stereocenters. The maximum Gasteiger partial charge on any atom is 0.269 e. The van der Waals surface area contributed by atoms with Crippen molar-refractivity contribution in [3.05, 3.63) is 93.0 Å². The highest BCUT2D eigenvalue weighted by Crippen LogP contribution is 2.49. The molecule has 3 heterocycles. The number of nitrogens with zero attached hydrogens (tertiary/aromatic N) is 4. The number of hydrogen-bond donors (Lipinski definition) is 0. The molecule has 0 saturated carbocycles. The lowest BCUT2D eigenvalue weighted by Gasteiger charge is -2.47. The van der Waals surface area contributed by atoms with Crippen molar-refractivity contribution in [3.63, 3.8) is 0 Å². The molecule has 6 rings (SSSR count). The van der Waals surface area contributed by atoms with Gasteiger partial charge < -0.3 is 24.2 Å². The van der Waals surface area contributed by atoms with Gasteiger partial charge in [-0.25, -0.2) is 0 Å². The van der Waals surface area contributed by atoms with E-state index in [0.717, 1.165) is 23.2 Å². The van der Waals surface area contributed by atoms with Crippen LogP contribution in [-0.2, 0) is 11.2 Å². The first-order valence-corrected chi connectivity index (χ1v) is 13.3. The molecule has 0 aromatic heterocycles. The Morgan fingerprint density at radius 2 is 1.57 bits per heavy atom. The number of anilines is 1. The fraction of sp³-hybridized carbons (Fsp3) is 0.333. The van der Waals surface area contributed by atoms with E-state index < -0.39 is 16.9 Å². The number of carbonyl (C=O) groups excluding carboxylic acids is 2. The molecular weight excluding hydrogens is 512 g/mol. The summed E-state index contributed by atoms with van der Waals surface area (Å²) in [7, 11) is 3.08. The second kappa shape index (κ2) is 10.2. The minimum atomic E-state index is -0.597. The summed E-state index contributed by atoms with van der Waals surface area (Å²) in [5, 5.41) is 11.0. The molecular formula is C30H30N4O6. The first kappa shape index (κ1) is 25.7. The molecule has 1 fully saturated rings. The second-order valence-electron chi connectivity index (χ2n) is 10.3. The highest BCUT2D eigenvalue weighted by molar-refractivity contribution is 6.02. The van der Waals surface area contributed by atoms with Gasteiger partial charge >= 0.3 is 0 Å². The van der Waals surface area contributed by atoms with Crippen LogP contribution in [0, 0.1) is 10.1 Å². The normalized spacial score (nSPS) is 19.9. The van der Waals surface area contributed by atoms with Crippen LogP contribution in [0.25, 0.3) is 0 Å². The number of amides is 2. The van der Waals surface area contributed by atoms with Crippen molar-refractivity contribution in [2.45, 2.75) is 18.4 Å². The third kappa shape index (κ3) is 4.20. The Kier molecular flexibility index (Phi) is 6.53. The Bertz CT molecular complexity index is 1480. The molecule has 10 heteroatoms. The van der Waals surface area contributed by atoms with Crippen LogP contribution < -0.4 is 14.4 Å². The van der Waals surface area contributed by atoms with Gasteiger partial charge in [0.05, 0.1) is 31.1 Å². The van der Waals surface area contributed by atoms with Gasteiger partial charge in [0, 0.05) is 56.1 Å². The first-order valence-electron chi connectivity index (χ1n) is 13.3. The largest absolute Gasteiger partial charge is 0.493 e. The SMILES string of the molecule is COc1cc2c(cc1OC)C(C(=O)N1CCN(c3ccc([N+](=O)[O-])cc3)CC1)C1c3ccccc3CCN1C2=O. The van der Waals surface area contributed by atoms with E-state index in [1.807, 2.05) is 28.0 Å². The summed E-state index contributed by atoms with van der Waals surface area (Å²) >= 11 is 0. The van der Waals surface area contributed by atoms with E-state index in [9.17, 15) is 19.7 Å². The first-order chi connectivity index (χ1) is 19.4. The summed E-state index contributed by atoms with van der Waals surface area (Å²) in [6.07, 6.45) is 0.732. The lowest BCUT2D eigenvalue weighted by Crippen LogP contribution is -2.54. The number of non-ortho nitro benzene ring substituents is 1. The molecule has 2 amide bonds. The molecule has 0 spiro atoms. The van der Waals surface area contributed by atoms with Crippen molar-refractivity contribution >= 4 is 23.2 Å². The maximum atomic E-state index is 14.4. The van der Waals surface area contributed by atoms with Gasteiger partial charge in [0.2, 0.25) is 5.91 Å². The molecule has 2 atom stereocenters. The quantitative estimate of drug-likeness (QED) is 0.357. The number of piperazine rings is 1. The second-order valence-corrected chi connectivity index (χ2v) is 10.3. The maximum absolute atomic E-state index is 14.4. The third-order valence-corrected chi connectivity index (χ3v) is 8.31. The summed E-state index contributed by atoms with van der Waals surface area (Å²) < 4.78 is 11.1. The van der Waals surface area contributed by atoms with E-state index in [4.69, 9.17) is 9.47 Å². The topological polar surface area (TPSA) is 105 Å². The number of fused-ring (bicyclic) bond motifs is 4. The lowest BCUT2D eigenvalue weighted by atomic mass is 9.75. The molecule has 40 heavy (non-hydrogen) atoms. The molecule has 3 aliphatic heterocycles. The Labute approximate surface area is 231 Å². The van der Waals surface area contributed by atoms with Gasteiger partial charge in [0.1, 0.15) is 0 Å². The van der Waals surface area contributed by atoms with E-state index in [0.29, 0.717) is 55.3 Å². The number of hydrogen-bond acceptors (Lipinski definition) is 7. The molecule has 0 radical (unpaired) electrons. The van der Waals surface area contributed by atoms with Crippen LogP contribution in [0.4, 0.5) is 11.4 Å². The molecule has 3 aliphatic rings. The van der Waals surface area contributed by atoms with Crippen LogP contribution in [-0.4, -0.2) is 73.5 Å². The summed E-state index contributed by atoms with van der Waals surface area (Å²) in [5.74, 6) is 0.194. The summed E-state index contributed by atoms with van der Waals surface area (Å²) in [6.45, 7) is 2.72. The highest BCUT2D eigenvalue weighted by Gasteiger charge is 2.48. The van der Waals surface area contributed by atoms with Crippen molar-refractivity contribution in [2.24, 2.45) is 0 Å². The number of rotatable bonds is 5. The molecule has 0 aliphatic carbocycles. The molecule has 1 saturated heterocycles. The fourth-order valence-electron chi connectivity index (χ4n) is 6.28. The van der Waals surface area contributed by atoms with Gasteiger partial charge in [-0.15, -0.1) is 0 Å². The standard InChI is InChI=1S/C30H30N4O6/c1-39-25-17-23-24(18-26(25)40-2)29(35)33-12-11-19-5-3-4-6-22(19)28(33)27(23)30(36)32-15-13-31(14-16-32)20-7-9-21(10-8-20)34(37)38/h3-10,17-18,27-28H,11-16H2,1-2H3. The van der Waals surface area contributed by atoms with Gasteiger partial charge in [-0.2, -0.15) is 0 Å². The van der Waals surface area contributed by atoms with Crippen molar-refractivity contribution in [1.82, 2.24) is 9.80 Å². The molecule has 206 valence electrons. The number of ether oxygens (including phenoxy) is 2. The Morgan fingerprint density at radius 3 is 2.25 bits per heavy atom. The van der Waals surface area contributed by atoms with E-state index in [1.165, 1.54) is 19.2 Å². The zero-order chi connectivity index (χ0) is 28.0. The molecule has 3 aromatic carbocycles. The average Bonchev–Trinajstić information content (AvgIpc) is 3.00. The Balaban J connectivity index is 1.34. The van der Waals surface area contributed by atoms with Gasteiger partial charge in [-0.05, 0) is 47.4 Å². The van der Waals surface area contributed by atoms with E-state index in [1.54, 1.807) is 31.4 Å². The predicted octanol–water partition coefficient (Wildman–Crippen LogP) is 3.80. The number of benzene rings is 3. The third-order valence-electron chi connectivity index (χ3n) is 8.31. The van der Waals surface area contributed by atoms with Crippen molar-refractivity contribution < 1.29 is 24.0 Å². The van der Waals surface area contributed by atoms with Crippen LogP contribution in [0.5, 0.6) is 11.5 Å². The fourth-order valence-corrected chi connectivity index (χ4v) is 6.28. The monoisotopic (exact) mass is 542 g/mol. The number of nitro benzene ring substituents is 1. The Hall–Kier alpha value is -4.60. The minimum absolute atomic E-state index is 0.0315. The number of methoxy groups -OCH3 is 2. The Morgan fingerprint density at radius 1 is 0.900 bits per heavy atom. The van der Waals surface area contributed by atoms with E-state index in [2.05, 4.69) is 11.0 Å². The van der Waals surface area contributed by atoms with E-state index in [-0.39, 0.29) is 17.5 Å². The summed E-state index contributed by atoms with van der Waals surface area (Å²) in [4.78, 5) is 44.7. The van der Waals surface area contributed by atoms with Gasteiger partial charge in [-0.3, -0.25) is 19.7 Å². The molecule has 0 bridgehead atoms. The number of nitro groups is 1. The van der Waals surface area contributed by atoms with Gasteiger partial charge in [0.25, 0.3) is 11.6 Å². The molecule has 10 nitrogen and oxygen atoms in total. The minimum Gasteiger partial charge on any atom is -0.493 e. The van der Waals surface area contributed by atoms with Gasteiger partial charge in [-0.1, -0.05) is 24.3 Å². The van der Waals surface area contributed by atoms with Crippen LogP contribution in [0.3, 0.4) is 0 Å². The highest BCUT2D eigenvalue weighted by atomic mass is 16.6. The molecule has 0 N–H and O–H groups in total.